The second kappa shape index (κ2) is 5.72. The number of anilines is 1. The predicted octanol–water partition coefficient (Wildman–Crippen LogP) is 4.43. The highest BCUT2D eigenvalue weighted by atomic mass is 35.5. The zero-order chi connectivity index (χ0) is 16.7. The lowest BCUT2D eigenvalue weighted by Gasteiger charge is -2.10. The summed E-state index contributed by atoms with van der Waals surface area (Å²) in [4.78, 5) is 17.9. The van der Waals surface area contributed by atoms with Gasteiger partial charge in [0.2, 0.25) is 5.91 Å². The first-order valence-electron chi connectivity index (χ1n) is 7.54. The fourth-order valence-electron chi connectivity index (χ4n) is 2.60. The van der Waals surface area contributed by atoms with Crippen LogP contribution in [-0.2, 0) is 10.2 Å². The lowest BCUT2D eigenvalue weighted by Crippen LogP contribution is -2.28. The topological polar surface area (TPSA) is 68.0 Å². The molecule has 1 N–H and O–H groups in total. The van der Waals surface area contributed by atoms with Gasteiger partial charge in [-0.15, -0.1) is 11.3 Å². The molecule has 0 spiro atoms. The van der Waals surface area contributed by atoms with Gasteiger partial charge >= 0.3 is 0 Å². The van der Waals surface area contributed by atoms with Crippen molar-refractivity contribution in [2.24, 2.45) is 0 Å². The minimum absolute atomic E-state index is 0.0761. The minimum atomic E-state index is -0.603. The Labute approximate surface area is 147 Å². The van der Waals surface area contributed by atoms with Gasteiger partial charge in [-0.2, -0.15) is 0 Å². The molecule has 5 nitrogen and oxygen atoms in total. The quantitative estimate of drug-likeness (QED) is 0.748. The molecule has 1 aliphatic carbocycles. The van der Waals surface area contributed by atoms with Crippen LogP contribution < -0.4 is 5.32 Å². The number of rotatable bonds is 4. The predicted molar refractivity (Wildman–Crippen MR) is 93.3 cm³/mol. The van der Waals surface area contributed by atoms with Gasteiger partial charge in [-0.3, -0.25) is 4.79 Å². The van der Waals surface area contributed by atoms with E-state index in [2.05, 4.69) is 15.5 Å². The van der Waals surface area contributed by atoms with Crippen LogP contribution in [0.15, 0.2) is 41.1 Å². The highest BCUT2D eigenvalue weighted by Crippen LogP contribution is 2.49. The number of carbonyl (C=O) groups is 1. The summed E-state index contributed by atoms with van der Waals surface area (Å²) < 4.78 is 5.44. The summed E-state index contributed by atoms with van der Waals surface area (Å²) >= 11 is 7.36. The Bertz CT molecular complexity index is 897. The van der Waals surface area contributed by atoms with Crippen molar-refractivity contribution in [2.45, 2.75) is 25.2 Å². The van der Waals surface area contributed by atoms with Crippen LogP contribution in [0.1, 0.15) is 23.4 Å². The van der Waals surface area contributed by atoms with Gasteiger partial charge in [-0.05, 0) is 44.0 Å². The van der Waals surface area contributed by atoms with Crippen molar-refractivity contribution in [3.8, 4) is 11.3 Å². The molecule has 3 aromatic rings. The standard InChI is InChI=1S/C17H14ClN3O2S/c1-10-9-19-16(24-10)20-15(22)17(6-7-17)14-8-13(23-21-14)11-2-4-12(18)5-3-11/h2-5,8-9H,6-7H2,1H3,(H,19,20,22). The maximum Gasteiger partial charge on any atom is 0.238 e. The first-order chi connectivity index (χ1) is 11.6. The molecule has 122 valence electrons. The lowest BCUT2D eigenvalue weighted by molar-refractivity contribution is -0.118. The summed E-state index contributed by atoms with van der Waals surface area (Å²) in [5.41, 5.74) is 0.941. The Kier molecular flexibility index (Phi) is 3.66. The second-order valence-corrected chi connectivity index (χ2v) is 7.57. The Hall–Kier alpha value is -2.18. The number of halogens is 1. The van der Waals surface area contributed by atoms with Crippen molar-refractivity contribution in [1.29, 1.82) is 0 Å². The minimum Gasteiger partial charge on any atom is -0.356 e. The fourth-order valence-corrected chi connectivity index (χ4v) is 3.39. The van der Waals surface area contributed by atoms with Crippen LogP contribution >= 0.6 is 22.9 Å². The average molecular weight is 360 g/mol. The molecule has 24 heavy (non-hydrogen) atoms. The van der Waals surface area contributed by atoms with E-state index in [-0.39, 0.29) is 5.91 Å². The van der Waals surface area contributed by atoms with Crippen LogP contribution in [0.25, 0.3) is 11.3 Å². The number of nitrogens with one attached hydrogen (secondary N) is 1. The Balaban J connectivity index is 1.57. The molecule has 0 aliphatic heterocycles. The summed E-state index contributed by atoms with van der Waals surface area (Å²) in [5, 5.41) is 8.30. The number of nitrogens with zero attached hydrogens (tertiary/aromatic N) is 2. The van der Waals surface area contributed by atoms with E-state index in [0.29, 0.717) is 21.6 Å². The number of amides is 1. The molecule has 4 rings (SSSR count). The molecule has 1 fully saturated rings. The largest absolute Gasteiger partial charge is 0.356 e. The maximum absolute atomic E-state index is 12.7. The number of hydrogen-bond donors (Lipinski definition) is 1. The molecule has 0 saturated heterocycles. The van der Waals surface area contributed by atoms with Gasteiger partial charge in [0.25, 0.3) is 0 Å². The van der Waals surface area contributed by atoms with Crippen molar-refractivity contribution in [1.82, 2.24) is 10.1 Å². The van der Waals surface area contributed by atoms with Crippen LogP contribution in [0, 0.1) is 6.92 Å². The molecule has 1 aliphatic rings. The van der Waals surface area contributed by atoms with Gasteiger partial charge < -0.3 is 9.84 Å². The van der Waals surface area contributed by atoms with Crippen LogP contribution in [0.2, 0.25) is 5.02 Å². The van der Waals surface area contributed by atoms with Gasteiger partial charge in [-0.1, -0.05) is 16.8 Å². The monoisotopic (exact) mass is 359 g/mol. The lowest BCUT2D eigenvalue weighted by atomic mass is 10.0. The Morgan fingerprint density at radius 1 is 1.33 bits per heavy atom. The molecule has 1 saturated carbocycles. The number of hydrogen-bond acceptors (Lipinski definition) is 5. The van der Waals surface area contributed by atoms with E-state index in [9.17, 15) is 4.79 Å². The van der Waals surface area contributed by atoms with E-state index in [1.807, 2.05) is 25.1 Å². The van der Waals surface area contributed by atoms with E-state index in [4.69, 9.17) is 16.1 Å². The van der Waals surface area contributed by atoms with Crippen molar-refractivity contribution in [3.05, 3.63) is 52.1 Å². The van der Waals surface area contributed by atoms with Crippen molar-refractivity contribution in [2.75, 3.05) is 5.32 Å². The molecule has 0 atom stereocenters. The van der Waals surface area contributed by atoms with Crippen LogP contribution in [0.3, 0.4) is 0 Å². The van der Waals surface area contributed by atoms with Crippen molar-refractivity contribution >= 4 is 34.0 Å². The molecule has 2 aromatic heterocycles. The maximum atomic E-state index is 12.7. The average Bonchev–Trinajstić information content (AvgIpc) is 3.05. The van der Waals surface area contributed by atoms with Gasteiger partial charge in [0, 0.05) is 27.7 Å². The zero-order valence-electron chi connectivity index (χ0n) is 12.9. The first kappa shape index (κ1) is 15.4. The normalized spacial score (nSPS) is 15.2. The van der Waals surface area contributed by atoms with Gasteiger partial charge in [-0.25, -0.2) is 4.98 Å². The molecular weight excluding hydrogens is 346 g/mol. The summed E-state index contributed by atoms with van der Waals surface area (Å²) in [6, 6.07) is 9.16. The van der Waals surface area contributed by atoms with Gasteiger partial charge in [0.1, 0.15) is 0 Å². The smallest absolute Gasteiger partial charge is 0.238 e. The zero-order valence-corrected chi connectivity index (χ0v) is 14.4. The van der Waals surface area contributed by atoms with Gasteiger partial charge in [0.05, 0.1) is 11.1 Å². The fraction of sp³-hybridized carbons (Fsp3) is 0.235. The Morgan fingerprint density at radius 3 is 2.71 bits per heavy atom. The van der Waals surface area contributed by atoms with Crippen LogP contribution in [0.5, 0.6) is 0 Å². The molecule has 0 bridgehead atoms. The molecule has 2 heterocycles. The molecular formula is C17H14ClN3O2S. The third kappa shape index (κ3) is 2.72. The SMILES string of the molecule is Cc1cnc(NC(=O)C2(c3cc(-c4ccc(Cl)cc4)on3)CC2)s1. The summed E-state index contributed by atoms with van der Waals surface area (Å²) in [6.07, 6.45) is 3.26. The number of carbonyl (C=O) groups excluding carboxylic acids is 1. The summed E-state index contributed by atoms with van der Waals surface area (Å²) in [5.74, 6) is 0.554. The highest BCUT2D eigenvalue weighted by molar-refractivity contribution is 7.15. The van der Waals surface area contributed by atoms with E-state index in [1.54, 1.807) is 18.3 Å². The molecule has 0 radical (unpaired) electrons. The van der Waals surface area contributed by atoms with Gasteiger partial charge in [0.15, 0.2) is 10.9 Å². The second-order valence-electron chi connectivity index (χ2n) is 5.90. The summed E-state index contributed by atoms with van der Waals surface area (Å²) in [6.45, 7) is 1.95. The molecule has 1 aromatic carbocycles. The number of aromatic nitrogens is 2. The highest BCUT2D eigenvalue weighted by Gasteiger charge is 2.54. The van der Waals surface area contributed by atoms with E-state index in [1.165, 1.54) is 11.3 Å². The number of thiazole rings is 1. The van der Waals surface area contributed by atoms with E-state index < -0.39 is 5.41 Å². The number of aryl methyl sites for hydroxylation is 1. The Morgan fingerprint density at radius 2 is 2.08 bits per heavy atom. The van der Waals surface area contributed by atoms with Crippen LogP contribution in [-0.4, -0.2) is 16.0 Å². The third-order valence-corrected chi connectivity index (χ3v) is 5.24. The number of benzene rings is 1. The van der Waals surface area contributed by atoms with E-state index >= 15 is 0 Å². The first-order valence-corrected chi connectivity index (χ1v) is 8.73. The molecule has 1 amide bonds. The van der Waals surface area contributed by atoms with E-state index in [0.717, 1.165) is 23.3 Å². The van der Waals surface area contributed by atoms with Crippen molar-refractivity contribution < 1.29 is 9.32 Å². The third-order valence-electron chi connectivity index (χ3n) is 4.16. The molecule has 7 heteroatoms. The van der Waals surface area contributed by atoms with Crippen LogP contribution in [0.4, 0.5) is 5.13 Å². The summed E-state index contributed by atoms with van der Waals surface area (Å²) in [7, 11) is 0. The van der Waals surface area contributed by atoms with Crippen molar-refractivity contribution in [3.63, 3.8) is 0 Å². The molecule has 0 unspecified atom stereocenters.